The van der Waals surface area contributed by atoms with Crippen molar-refractivity contribution < 1.29 is 8.78 Å². The number of halogens is 2. The average molecular weight is 301 g/mol. The van der Waals surface area contributed by atoms with E-state index in [-0.39, 0.29) is 6.04 Å². The van der Waals surface area contributed by atoms with Crippen molar-refractivity contribution in [1.82, 2.24) is 9.55 Å². The van der Waals surface area contributed by atoms with Crippen LogP contribution in [-0.2, 0) is 0 Å². The topological polar surface area (TPSA) is 43.8 Å². The quantitative estimate of drug-likeness (QED) is 0.799. The molecule has 0 aliphatic rings. The number of fused-ring (bicyclic) bond motifs is 1. The third kappa shape index (κ3) is 2.37. The van der Waals surface area contributed by atoms with Crippen LogP contribution < -0.4 is 5.73 Å². The molecule has 3 rings (SSSR count). The lowest BCUT2D eigenvalue weighted by Crippen LogP contribution is -2.17. The van der Waals surface area contributed by atoms with Crippen molar-refractivity contribution in [2.24, 2.45) is 5.73 Å². The predicted octanol–water partition coefficient (Wildman–Crippen LogP) is 3.81. The summed E-state index contributed by atoms with van der Waals surface area (Å²) in [5, 5.41) is 0. The van der Waals surface area contributed by atoms with Gasteiger partial charge in [-0.3, -0.25) is 0 Å². The molecule has 0 spiro atoms. The van der Waals surface area contributed by atoms with Gasteiger partial charge in [0, 0.05) is 30.3 Å². The Morgan fingerprint density at radius 1 is 1.14 bits per heavy atom. The van der Waals surface area contributed by atoms with Gasteiger partial charge in [-0.25, -0.2) is 13.8 Å². The lowest BCUT2D eigenvalue weighted by Gasteiger charge is -2.16. The van der Waals surface area contributed by atoms with Crippen molar-refractivity contribution in [1.29, 1.82) is 0 Å². The zero-order valence-corrected chi connectivity index (χ0v) is 12.5. The van der Waals surface area contributed by atoms with Gasteiger partial charge in [0.25, 0.3) is 0 Å². The van der Waals surface area contributed by atoms with E-state index in [2.05, 4.69) is 4.98 Å². The van der Waals surface area contributed by atoms with Gasteiger partial charge in [-0.15, -0.1) is 0 Å². The SMILES string of the molecule is Cc1ccc(-c2nc3cc(F)c(F)cc3n2C(C)CN)cc1. The van der Waals surface area contributed by atoms with Crippen LogP contribution >= 0.6 is 0 Å². The summed E-state index contributed by atoms with van der Waals surface area (Å²) >= 11 is 0. The number of imidazole rings is 1. The first kappa shape index (κ1) is 14.7. The monoisotopic (exact) mass is 301 g/mol. The number of benzene rings is 2. The van der Waals surface area contributed by atoms with E-state index >= 15 is 0 Å². The second-order valence-electron chi connectivity index (χ2n) is 5.51. The molecule has 1 heterocycles. The smallest absolute Gasteiger partial charge is 0.161 e. The third-order valence-corrected chi connectivity index (χ3v) is 3.82. The molecule has 0 fully saturated rings. The molecule has 2 aromatic carbocycles. The number of rotatable bonds is 3. The Morgan fingerprint density at radius 3 is 2.41 bits per heavy atom. The molecule has 114 valence electrons. The minimum atomic E-state index is -0.895. The molecule has 2 N–H and O–H groups in total. The number of aryl methyl sites for hydroxylation is 1. The largest absolute Gasteiger partial charge is 0.328 e. The summed E-state index contributed by atoms with van der Waals surface area (Å²) in [6.45, 7) is 4.31. The van der Waals surface area contributed by atoms with Crippen molar-refractivity contribution in [3.8, 4) is 11.4 Å². The summed E-state index contributed by atoms with van der Waals surface area (Å²) in [5.41, 5.74) is 8.78. The Morgan fingerprint density at radius 2 is 1.77 bits per heavy atom. The molecule has 0 bridgehead atoms. The van der Waals surface area contributed by atoms with Gasteiger partial charge >= 0.3 is 0 Å². The summed E-state index contributed by atoms with van der Waals surface area (Å²) < 4.78 is 29.0. The van der Waals surface area contributed by atoms with E-state index in [1.807, 2.05) is 42.7 Å². The highest BCUT2D eigenvalue weighted by Gasteiger charge is 2.18. The number of nitrogens with zero attached hydrogens (tertiary/aromatic N) is 2. The molecule has 1 atom stereocenters. The molecule has 0 radical (unpaired) electrons. The van der Waals surface area contributed by atoms with Gasteiger partial charge in [-0.2, -0.15) is 0 Å². The van der Waals surface area contributed by atoms with Gasteiger partial charge < -0.3 is 10.3 Å². The van der Waals surface area contributed by atoms with Crippen molar-refractivity contribution in [2.45, 2.75) is 19.9 Å². The van der Waals surface area contributed by atoms with Crippen LogP contribution in [0.2, 0.25) is 0 Å². The highest BCUT2D eigenvalue weighted by Crippen LogP contribution is 2.29. The maximum atomic E-state index is 13.6. The van der Waals surface area contributed by atoms with Gasteiger partial charge in [0.2, 0.25) is 0 Å². The van der Waals surface area contributed by atoms with Crippen LogP contribution in [0.4, 0.5) is 8.78 Å². The molecule has 0 aliphatic carbocycles. The van der Waals surface area contributed by atoms with Gasteiger partial charge in [0.1, 0.15) is 5.82 Å². The number of hydrogen-bond acceptors (Lipinski definition) is 2. The minimum Gasteiger partial charge on any atom is -0.328 e. The Labute approximate surface area is 127 Å². The van der Waals surface area contributed by atoms with Crippen molar-refractivity contribution in [2.75, 3.05) is 6.54 Å². The summed E-state index contributed by atoms with van der Waals surface area (Å²) in [7, 11) is 0. The summed E-state index contributed by atoms with van der Waals surface area (Å²) in [5.74, 6) is -1.11. The fourth-order valence-electron chi connectivity index (χ4n) is 2.55. The molecule has 3 nitrogen and oxygen atoms in total. The van der Waals surface area contributed by atoms with E-state index in [9.17, 15) is 8.78 Å². The van der Waals surface area contributed by atoms with E-state index in [0.717, 1.165) is 17.2 Å². The van der Waals surface area contributed by atoms with E-state index in [0.29, 0.717) is 23.4 Å². The van der Waals surface area contributed by atoms with Gasteiger partial charge in [-0.1, -0.05) is 29.8 Å². The molecule has 1 unspecified atom stereocenters. The maximum absolute atomic E-state index is 13.6. The highest BCUT2D eigenvalue weighted by atomic mass is 19.2. The zero-order chi connectivity index (χ0) is 15.9. The molecular formula is C17H17F2N3. The molecule has 0 saturated carbocycles. The van der Waals surface area contributed by atoms with Crippen molar-refractivity contribution in [3.05, 3.63) is 53.6 Å². The molecule has 5 heteroatoms. The molecule has 0 amide bonds. The Balaban J connectivity index is 2.30. The fraction of sp³-hybridized carbons (Fsp3) is 0.235. The standard InChI is InChI=1S/C17H17F2N3/c1-10-3-5-12(6-4-10)17-21-15-7-13(18)14(19)8-16(15)22(17)11(2)9-20/h3-8,11H,9,20H2,1-2H3. The van der Waals surface area contributed by atoms with Crippen molar-refractivity contribution >= 4 is 11.0 Å². The third-order valence-electron chi connectivity index (χ3n) is 3.82. The van der Waals surface area contributed by atoms with Crippen LogP contribution in [0.25, 0.3) is 22.4 Å². The molecule has 1 aromatic heterocycles. The first-order valence-electron chi connectivity index (χ1n) is 7.15. The summed E-state index contributed by atoms with van der Waals surface area (Å²) in [4.78, 5) is 4.48. The van der Waals surface area contributed by atoms with Crippen LogP contribution in [-0.4, -0.2) is 16.1 Å². The maximum Gasteiger partial charge on any atom is 0.161 e. The lowest BCUT2D eigenvalue weighted by atomic mass is 10.1. The lowest BCUT2D eigenvalue weighted by molar-refractivity contribution is 0.509. The van der Waals surface area contributed by atoms with Crippen LogP contribution in [0.1, 0.15) is 18.5 Å². The first-order chi connectivity index (χ1) is 10.5. The van der Waals surface area contributed by atoms with Crippen LogP contribution in [0, 0.1) is 18.6 Å². The average Bonchev–Trinajstić information content (AvgIpc) is 2.86. The van der Waals surface area contributed by atoms with Gasteiger partial charge in [-0.05, 0) is 13.8 Å². The zero-order valence-electron chi connectivity index (χ0n) is 12.5. The molecule has 0 saturated heterocycles. The normalized spacial score (nSPS) is 12.8. The Kier molecular flexibility index (Phi) is 3.66. The van der Waals surface area contributed by atoms with Gasteiger partial charge in [0.05, 0.1) is 11.0 Å². The summed E-state index contributed by atoms with van der Waals surface area (Å²) in [6, 6.07) is 10.1. The molecule has 3 aromatic rings. The highest BCUT2D eigenvalue weighted by molar-refractivity contribution is 5.81. The Hall–Kier alpha value is -2.27. The van der Waals surface area contributed by atoms with E-state index in [1.165, 1.54) is 6.07 Å². The summed E-state index contributed by atoms with van der Waals surface area (Å²) in [6.07, 6.45) is 0. The van der Waals surface area contributed by atoms with Crippen LogP contribution in [0.15, 0.2) is 36.4 Å². The predicted molar refractivity (Wildman–Crippen MR) is 83.6 cm³/mol. The van der Waals surface area contributed by atoms with Crippen molar-refractivity contribution in [3.63, 3.8) is 0 Å². The fourth-order valence-corrected chi connectivity index (χ4v) is 2.55. The second kappa shape index (κ2) is 5.50. The van der Waals surface area contributed by atoms with Gasteiger partial charge in [0.15, 0.2) is 11.6 Å². The Bertz CT molecular complexity index is 822. The second-order valence-corrected chi connectivity index (χ2v) is 5.51. The van der Waals surface area contributed by atoms with Crippen LogP contribution in [0.3, 0.4) is 0 Å². The molecule has 22 heavy (non-hydrogen) atoms. The van der Waals surface area contributed by atoms with E-state index < -0.39 is 11.6 Å². The number of nitrogens with two attached hydrogens (primary N) is 1. The molecular weight excluding hydrogens is 284 g/mol. The van der Waals surface area contributed by atoms with Crippen LogP contribution in [0.5, 0.6) is 0 Å². The van der Waals surface area contributed by atoms with E-state index in [4.69, 9.17) is 5.73 Å². The number of aromatic nitrogens is 2. The van der Waals surface area contributed by atoms with E-state index in [1.54, 1.807) is 0 Å². The number of hydrogen-bond donors (Lipinski definition) is 1. The minimum absolute atomic E-state index is 0.0776. The first-order valence-corrected chi connectivity index (χ1v) is 7.15. The molecule has 0 aliphatic heterocycles.